The summed E-state index contributed by atoms with van der Waals surface area (Å²) in [6.45, 7) is 0. The van der Waals surface area contributed by atoms with Crippen molar-refractivity contribution in [2.75, 3.05) is 5.32 Å². The van der Waals surface area contributed by atoms with E-state index in [2.05, 4.69) is 65.2 Å². The first-order valence-electron chi connectivity index (χ1n) is 8.08. The second kappa shape index (κ2) is 5.53. The lowest BCUT2D eigenvalue weighted by Crippen LogP contribution is -2.45. The van der Waals surface area contributed by atoms with Crippen molar-refractivity contribution in [3.8, 4) is 0 Å². The van der Waals surface area contributed by atoms with Gasteiger partial charge in [-0.15, -0.1) is 0 Å². The van der Waals surface area contributed by atoms with E-state index in [0.29, 0.717) is 18.1 Å². The van der Waals surface area contributed by atoms with Crippen molar-refractivity contribution in [2.24, 2.45) is 0 Å². The number of fused-ring (bicyclic) bond motifs is 2. The van der Waals surface area contributed by atoms with Crippen LogP contribution in [0.5, 0.6) is 0 Å². The van der Waals surface area contributed by atoms with Gasteiger partial charge in [0.25, 0.3) is 0 Å². The van der Waals surface area contributed by atoms with E-state index < -0.39 is 0 Å². The Hall–Kier alpha value is -1.80. The molecule has 21 heavy (non-hydrogen) atoms. The predicted molar refractivity (Wildman–Crippen MR) is 87.5 cm³/mol. The molecule has 2 aromatic carbocycles. The third kappa shape index (κ3) is 2.44. The summed E-state index contributed by atoms with van der Waals surface area (Å²) in [5.41, 5.74) is 4.03. The summed E-state index contributed by atoms with van der Waals surface area (Å²) < 4.78 is 0. The Labute approximate surface area is 126 Å². The summed E-state index contributed by atoms with van der Waals surface area (Å²) in [7, 11) is 0. The summed E-state index contributed by atoms with van der Waals surface area (Å²) in [6, 6.07) is 21.0. The Morgan fingerprint density at radius 2 is 1.48 bits per heavy atom. The Bertz CT molecular complexity index is 608. The molecule has 0 spiro atoms. The number of para-hydroxylation sites is 1. The van der Waals surface area contributed by atoms with Gasteiger partial charge in [0, 0.05) is 17.8 Å². The highest BCUT2D eigenvalue weighted by atomic mass is 15.1. The summed E-state index contributed by atoms with van der Waals surface area (Å²) in [5.74, 6) is 0. The van der Waals surface area contributed by atoms with Crippen LogP contribution in [0.2, 0.25) is 0 Å². The van der Waals surface area contributed by atoms with Crippen LogP contribution in [0.1, 0.15) is 42.9 Å². The maximum atomic E-state index is 3.93. The minimum Gasteiger partial charge on any atom is -0.380 e. The van der Waals surface area contributed by atoms with Crippen molar-refractivity contribution < 1.29 is 0 Å². The van der Waals surface area contributed by atoms with Gasteiger partial charge < -0.3 is 10.6 Å². The van der Waals surface area contributed by atoms with E-state index in [9.17, 15) is 0 Å². The molecule has 1 aliphatic carbocycles. The molecule has 0 unspecified atom stereocenters. The average Bonchev–Trinajstić information content (AvgIpc) is 2.72. The van der Waals surface area contributed by atoms with E-state index in [1.165, 1.54) is 42.5 Å². The van der Waals surface area contributed by atoms with Crippen LogP contribution in [-0.4, -0.2) is 12.1 Å². The zero-order valence-corrected chi connectivity index (χ0v) is 12.3. The first-order valence-corrected chi connectivity index (χ1v) is 8.08. The summed E-state index contributed by atoms with van der Waals surface area (Å²) in [5, 5.41) is 7.73. The lowest BCUT2D eigenvalue weighted by Gasteiger charge is -2.32. The van der Waals surface area contributed by atoms with E-state index in [4.69, 9.17) is 0 Å². The standard InChI is InChI=1S/C19H22N2/c1-2-8-14(9-3-1)19-15-10-4-5-11-16(15)20-17-12-6-7-13-18(17)21-19/h1-5,8-11,17-21H,6-7,12-13H2/t17-,18+,19-/m0/s1. The van der Waals surface area contributed by atoms with Crippen molar-refractivity contribution in [1.82, 2.24) is 5.32 Å². The van der Waals surface area contributed by atoms with Crippen molar-refractivity contribution in [1.29, 1.82) is 0 Å². The van der Waals surface area contributed by atoms with Crippen molar-refractivity contribution in [3.05, 3.63) is 65.7 Å². The van der Waals surface area contributed by atoms with Gasteiger partial charge in [-0.2, -0.15) is 0 Å². The molecule has 0 amide bonds. The normalized spacial score (nSPS) is 27.9. The molecule has 2 heteroatoms. The maximum Gasteiger partial charge on any atom is 0.0600 e. The van der Waals surface area contributed by atoms with E-state index in [1.54, 1.807) is 0 Å². The topological polar surface area (TPSA) is 24.1 Å². The fourth-order valence-corrected chi connectivity index (χ4v) is 3.81. The smallest absolute Gasteiger partial charge is 0.0600 e. The Kier molecular flexibility index (Phi) is 3.40. The van der Waals surface area contributed by atoms with Gasteiger partial charge >= 0.3 is 0 Å². The summed E-state index contributed by atoms with van der Waals surface area (Å²) >= 11 is 0. The Morgan fingerprint density at radius 1 is 0.762 bits per heavy atom. The van der Waals surface area contributed by atoms with Gasteiger partial charge in [-0.05, 0) is 30.0 Å². The summed E-state index contributed by atoms with van der Waals surface area (Å²) in [4.78, 5) is 0. The van der Waals surface area contributed by atoms with Crippen LogP contribution in [-0.2, 0) is 0 Å². The van der Waals surface area contributed by atoms with E-state index in [-0.39, 0.29) is 0 Å². The number of rotatable bonds is 1. The number of nitrogens with one attached hydrogen (secondary N) is 2. The van der Waals surface area contributed by atoms with Crippen LogP contribution < -0.4 is 10.6 Å². The SMILES string of the molecule is c1ccc([C@@H]2N[C@@H]3CCCC[C@@H]3Nc3ccccc32)cc1. The summed E-state index contributed by atoms with van der Waals surface area (Å²) in [6.07, 6.45) is 5.23. The molecule has 2 nitrogen and oxygen atoms in total. The van der Waals surface area contributed by atoms with Crippen LogP contribution in [0, 0.1) is 0 Å². The monoisotopic (exact) mass is 278 g/mol. The highest BCUT2D eigenvalue weighted by molar-refractivity contribution is 5.57. The first-order chi connectivity index (χ1) is 10.4. The van der Waals surface area contributed by atoms with Gasteiger partial charge in [-0.1, -0.05) is 61.4 Å². The molecule has 0 saturated heterocycles. The zero-order valence-electron chi connectivity index (χ0n) is 12.3. The van der Waals surface area contributed by atoms with E-state index >= 15 is 0 Å². The Morgan fingerprint density at radius 3 is 2.33 bits per heavy atom. The van der Waals surface area contributed by atoms with Gasteiger partial charge in [0.05, 0.1) is 6.04 Å². The van der Waals surface area contributed by atoms with Crippen molar-refractivity contribution >= 4 is 5.69 Å². The van der Waals surface area contributed by atoms with E-state index in [1.807, 2.05) is 0 Å². The van der Waals surface area contributed by atoms with Crippen LogP contribution in [0.3, 0.4) is 0 Å². The van der Waals surface area contributed by atoms with Gasteiger partial charge in [-0.3, -0.25) is 0 Å². The molecule has 0 bridgehead atoms. The molecule has 2 N–H and O–H groups in total. The number of hydrogen-bond acceptors (Lipinski definition) is 2. The van der Waals surface area contributed by atoms with Gasteiger partial charge in [0.15, 0.2) is 0 Å². The van der Waals surface area contributed by atoms with Crippen molar-refractivity contribution in [3.63, 3.8) is 0 Å². The molecular formula is C19H22N2. The molecule has 1 fully saturated rings. The third-order valence-corrected chi connectivity index (χ3v) is 4.89. The molecule has 1 saturated carbocycles. The Balaban J connectivity index is 1.78. The molecule has 0 aromatic heterocycles. The predicted octanol–water partition coefficient (Wildman–Crippen LogP) is 4.10. The van der Waals surface area contributed by atoms with Crippen molar-refractivity contribution in [2.45, 2.75) is 43.8 Å². The van der Waals surface area contributed by atoms with Gasteiger partial charge in [-0.25, -0.2) is 0 Å². The molecular weight excluding hydrogens is 256 g/mol. The highest BCUT2D eigenvalue weighted by Crippen LogP contribution is 2.35. The molecule has 1 aliphatic heterocycles. The molecule has 3 atom stereocenters. The van der Waals surface area contributed by atoms with Gasteiger partial charge in [0.2, 0.25) is 0 Å². The van der Waals surface area contributed by atoms with Gasteiger partial charge in [0.1, 0.15) is 0 Å². The largest absolute Gasteiger partial charge is 0.380 e. The lowest BCUT2D eigenvalue weighted by molar-refractivity contribution is 0.334. The zero-order chi connectivity index (χ0) is 14.1. The number of hydrogen-bond donors (Lipinski definition) is 2. The minimum atomic E-state index is 0.294. The highest BCUT2D eigenvalue weighted by Gasteiger charge is 2.32. The van der Waals surface area contributed by atoms with Crippen LogP contribution in [0.25, 0.3) is 0 Å². The molecule has 2 aromatic rings. The second-order valence-electron chi connectivity index (χ2n) is 6.24. The van der Waals surface area contributed by atoms with Crippen LogP contribution in [0.15, 0.2) is 54.6 Å². The lowest BCUT2D eigenvalue weighted by atomic mass is 9.89. The molecule has 1 heterocycles. The third-order valence-electron chi connectivity index (χ3n) is 4.89. The van der Waals surface area contributed by atoms with E-state index in [0.717, 1.165) is 0 Å². The second-order valence-corrected chi connectivity index (χ2v) is 6.24. The average molecular weight is 278 g/mol. The number of anilines is 1. The molecule has 4 rings (SSSR count). The number of benzene rings is 2. The molecule has 0 radical (unpaired) electrons. The molecule has 108 valence electrons. The maximum absolute atomic E-state index is 3.93. The molecule has 2 aliphatic rings. The fourth-order valence-electron chi connectivity index (χ4n) is 3.81. The first kappa shape index (κ1) is 12.9. The van der Waals surface area contributed by atoms with Crippen LogP contribution >= 0.6 is 0 Å². The quantitative estimate of drug-likeness (QED) is 0.820. The fraction of sp³-hybridized carbons (Fsp3) is 0.368. The minimum absolute atomic E-state index is 0.294. The van der Waals surface area contributed by atoms with Crippen LogP contribution in [0.4, 0.5) is 5.69 Å².